The number of rotatable bonds is 61. The molecular formula is C65H130N2O6P+. The number of phosphoric ester groups is 1. The van der Waals surface area contributed by atoms with Crippen molar-refractivity contribution in [1.29, 1.82) is 0 Å². The number of likely N-dealkylation sites (N-methyl/N-ethyl adjacent to an activating group) is 1. The summed E-state index contributed by atoms with van der Waals surface area (Å²) < 4.78 is 23.8. The van der Waals surface area contributed by atoms with Crippen LogP contribution in [0, 0.1) is 0 Å². The Hall–Kier alpha value is -1.02. The smallest absolute Gasteiger partial charge is 0.391 e. The minimum atomic E-state index is -4.32. The lowest BCUT2D eigenvalue weighted by molar-refractivity contribution is -0.870. The summed E-state index contributed by atoms with van der Waals surface area (Å²) in [5.74, 6) is -0.137. The Labute approximate surface area is 462 Å². The maximum atomic E-state index is 13.0. The summed E-state index contributed by atoms with van der Waals surface area (Å²) in [5.41, 5.74) is 0. The van der Waals surface area contributed by atoms with E-state index in [1.54, 1.807) is 0 Å². The van der Waals surface area contributed by atoms with E-state index in [1.807, 2.05) is 21.1 Å². The summed E-state index contributed by atoms with van der Waals surface area (Å²) in [6.07, 6.45) is 72.7. The van der Waals surface area contributed by atoms with E-state index < -0.39 is 20.0 Å². The number of nitrogens with zero attached hydrogens (tertiary/aromatic N) is 1. The Balaban J connectivity index is 3.88. The van der Waals surface area contributed by atoms with Gasteiger partial charge in [0.05, 0.1) is 39.9 Å². The first-order valence-corrected chi connectivity index (χ1v) is 34.2. The predicted molar refractivity (Wildman–Crippen MR) is 323 cm³/mol. The molecule has 0 aromatic heterocycles. The van der Waals surface area contributed by atoms with E-state index in [1.165, 1.54) is 263 Å². The van der Waals surface area contributed by atoms with Crippen LogP contribution < -0.4 is 5.32 Å². The minimum Gasteiger partial charge on any atom is -0.391 e. The van der Waals surface area contributed by atoms with Gasteiger partial charge in [-0.25, -0.2) is 4.57 Å². The maximum Gasteiger partial charge on any atom is 0.472 e. The van der Waals surface area contributed by atoms with Gasteiger partial charge in [-0.3, -0.25) is 13.8 Å². The zero-order valence-corrected chi connectivity index (χ0v) is 51.3. The summed E-state index contributed by atoms with van der Waals surface area (Å²) in [4.78, 5) is 23.4. The molecular weight excluding hydrogens is 936 g/mol. The van der Waals surface area contributed by atoms with Gasteiger partial charge in [0, 0.05) is 6.42 Å². The monoisotopic (exact) mass is 1070 g/mol. The van der Waals surface area contributed by atoms with Crippen molar-refractivity contribution in [3.8, 4) is 0 Å². The molecule has 0 aliphatic carbocycles. The van der Waals surface area contributed by atoms with Crippen molar-refractivity contribution in [2.75, 3.05) is 40.9 Å². The van der Waals surface area contributed by atoms with Crippen LogP contribution in [0.2, 0.25) is 0 Å². The van der Waals surface area contributed by atoms with Crippen molar-refractivity contribution >= 4 is 13.7 Å². The highest BCUT2D eigenvalue weighted by Crippen LogP contribution is 2.43. The molecule has 0 fully saturated rings. The Morgan fingerprint density at radius 3 is 1.11 bits per heavy atom. The van der Waals surface area contributed by atoms with E-state index in [2.05, 4.69) is 43.5 Å². The van der Waals surface area contributed by atoms with Crippen LogP contribution in [-0.2, 0) is 18.4 Å². The lowest BCUT2D eigenvalue weighted by atomic mass is 10.0. The van der Waals surface area contributed by atoms with Gasteiger partial charge < -0.3 is 19.8 Å². The van der Waals surface area contributed by atoms with E-state index in [-0.39, 0.29) is 19.1 Å². The van der Waals surface area contributed by atoms with E-state index in [0.29, 0.717) is 23.9 Å². The molecule has 0 saturated heterocycles. The topological polar surface area (TPSA) is 105 Å². The highest BCUT2D eigenvalue weighted by atomic mass is 31.2. The van der Waals surface area contributed by atoms with Crippen LogP contribution in [0.25, 0.3) is 0 Å². The second-order valence-electron chi connectivity index (χ2n) is 23.9. The third kappa shape index (κ3) is 58.7. The lowest BCUT2D eigenvalue weighted by Gasteiger charge is -2.26. The molecule has 0 spiro atoms. The number of carbonyl (C=O) groups is 1. The molecule has 440 valence electrons. The number of aliphatic hydroxyl groups is 1. The van der Waals surface area contributed by atoms with Crippen molar-refractivity contribution in [3.63, 3.8) is 0 Å². The first kappa shape index (κ1) is 73.0. The number of unbranched alkanes of at least 4 members (excludes halogenated alkanes) is 44. The van der Waals surface area contributed by atoms with Gasteiger partial charge in [-0.2, -0.15) is 0 Å². The third-order valence-electron chi connectivity index (χ3n) is 15.2. The zero-order chi connectivity index (χ0) is 54.2. The lowest BCUT2D eigenvalue weighted by Crippen LogP contribution is -2.46. The number of amides is 1. The molecule has 0 aliphatic heterocycles. The molecule has 3 N–H and O–H groups in total. The maximum absolute atomic E-state index is 13.0. The Morgan fingerprint density at radius 1 is 0.459 bits per heavy atom. The Bertz CT molecular complexity index is 1260. The average molecular weight is 1070 g/mol. The fourth-order valence-electron chi connectivity index (χ4n) is 10.1. The molecule has 3 unspecified atom stereocenters. The number of carbonyl (C=O) groups excluding carboxylic acids is 1. The van der Waals surface area contributed by atoms with Gasteiger partial charge in [0.15, 0.2) is 0 Å². The fourth-order valence-corrected chi connectivity index (χ4v) is 10.8. The normalized spacial score (nSPS) is 13.9. The van der Waals surface area contributed by atoms with Gasteiger partial charge in [-0.1, -0.05) is 308 Å². The first-order valence-electron chi connectivity index (χ1n) is 32.7. The fraction of sp³-hybridized carbons (Fsp3) is 0.923. The van der Waals surface area contributed by atoms with Gasteiger partial charge >= 0.3 is 7.82 Å². The number of aliphatic hydroxyl groups excluding tert-OH is 1. The number of phosphoric acid groups is 1. The van der Waals surface area contributed by atoms with Gasteiger partial charge in [0.2, 0.25) is 5.91 Å². The second-order valence-corrected chi connectivity index (χ2v) is 25.3. The molecule has 0 aliphatic rings. The molecule has 8 nitrogen and oxygen atoms in total. The van der Waals surface area contributed by atoms with Crippen LogP contribution >= 0.6 is 7.82 Å². The van der Waals surface area contributed by atoms with Crippen LogP contribution in [0.5, 0.6) is 0 Å². The number of nitrogens with one attached hydrogen (secondary N) is 1. The molecule has 3 atom stereocenters. The number of allylic oxidation sites excluding steroid dienone is 4. The van der Waals surface area contributed by atoms with Gasteiger partial charge in [0.1, 0.15) is 13.2 Å². The van der Waals surface area contributed by atoms with Crippen molar-refractivity contribution in [3.05, 3.63) is 24.3 Å². The molecule has 0 saturated carbocycles. The minimum absolute atomic E-state index is 0.0777. The summed E-state index contributed by atoms with van der Waals surface area (Å²) in [7, 11) is 1.63. The molecule has 0 aromatic carbocycles. The molecule has 0 aromatic rings. The predicted octanol–water partition coefficient (Wildman–Crippen LogP) is 20.3. The standard InChI is InChI=1S/C65H129N2O6P/c1-6-8-10-12-14-16-18-20-22-23-24-25-26-27-28-29-30-31-32-33-34-35-36-37-38-39-40-41-42-43-45-47-49-51-53-55-57-59-65(69)66-63(62-73-74(70,71)72-61-60-67(3,4)5)64(68)58-56-54-52-50-48-46-44-21-19-17-15-13-11-9-7-2/h18,20,23-24,63-64,68H,6-17,19,21-22,25-62H2,1-5H3,(H-,66,69,70,71)/p+1/b20-18-,24-23-. The number of hydrogen-bond acceptors (Lipinski definition) is 5. The highest BCUT2D eigenvalue weighted by Gasteiger charge is 2.28. The number of quaternary nitrogens is 1. The summed E-state index contributed by atoms with van der Waals surface area (Å²) in [6.45, 7) is 4.92. The van der Waals surface area contributed by atoms with Crippen LogP contribution in [0.1, 0.15) is 335 Å². The quantitative estimate of drug-likeness (QED) is 0.0243. The second kappa shape index (κ2) is 56.7. The third-order valence-corrected chi connectivity index (χ3v) is 16.2. The number of hydrogen-bond donors (Lipinski definition) is 3. The van der Waals surface area contributed by atoms with Crippen molar-refractivity contribution < 1.29 is 32.9 Å². The molecule has 0 rings (SSSR count). The molecule has 0 heterocycles. The molecule has 1 amide bonds. The Kier molecular flexibility index (Phi) is 55.9. The van der Waals surface area contributed by atoms with E-state index in [9.17, 15) is 19.4 Å². The van der Waals surface area contributed by atoms with Crippen molar-refractivity contribution in [2.45, 2.75) is 347 Å². The van der Waals surface area contributed by atoms with Gasteiger partial charge in [0.25, 0.3) is 0 Å². The average Bonchev–Trinajstić information content (AvgIpc) is 3.36. The van der Waals surface area contributed by atoms with Crippen LogP contribution in [0.4, 0.5) is 0 Å². The van der Waals surface area contributed by atoms with Crippen LogP contribution in [-0.4, -0.2) is 73.4 Å². The van der Waals surface area contributed by atoms with E-state index >= 15 is 0 Å². The molecule has 0 radical (unpaired) electrons. The van der Waals surface area contributed by atoms with Gasteiger partial charge in [-0.15, -0.1) is 0 Å². The summed E-state index contributed by atoms with van der Waals surface area (Å²) in [6, 6.07) is -0.757. The molecule has 74 heavy (non-hydrogen) atoms. The Morgan fingerprint density at radius 2 is 0.770 bits per heavy atom. The van der Waals surface area contributed by atoms with E-state index in [4.69, 9.17) is 9.05 Å². The first-order chi connectivity index (χ1) is 36.0. The molecule has 0 bridgehead atoms. The van der Waals surface area contributed by atoms with Crippen LogP contribution in [0.15, 0.2) is 24.3 Å². The zero-order valence-electron chi connectivity index (χ0n) is 50.4. The summed E-state index contributed by atoms with van der Waals surface area (Å²) in [5, 5.41) is 14.1. The SMILES string of the molecule is CCCCCCC/C=C\C/C=C\CCCCCCCCCCCCCCCCCCCCCCCCCCCC(=O)NC(COP(=O)(O)OCC[N+](C)(C)C)C(O)CCCCCCCCCCCCCCCCC. The molecule has 9 heteroatoms. The van der Waals surface area contributed by atoms with Gasteiger partial charge in [-0.05, 0) is 44.9 Å². The van der Waals surface area contributed by atoms with E-state index in [0.717, 1.165) is 44.9 Å². The van der Waals surface area contributed by atoms with Crippen molar-refractivity contribution in [1.82, 2.24) is 5.32 Å². The highest BCUT2D eigenvalue weighted by molar-refractivity contribution is 7.47. The largest absolute Gasteiger partial charge is 0.472 e. The van der Waals surface area contributed by atoms with Crippen molar-refractivity contribution in [2.24, 2.45) is 0 Å². The van der Waals surface area contributed by atoms with Crippen LogP contribution in [0.3, 0.4) is 0 Å². The summed E-state index contributed by atoms with van der Waals surface area (Å²) >= 11 is 0.